The molecule has 176 valence electrons. The fourth-order valence-electron chi connectivity index (χ4n) is 4.09. The zero-order chi connectivity index (χ0) is 22.2. The van der Waals surface area contributed by atoms with E-state index in [9.17, 15) is 0 Å². The quantitative estimate of drug-likeness (QED) is 0.216. The largest absolute Gasteiger partial charge is 0.494 e. The lowest BCUT2D eigenvalue weighted by molar-refractivity contribution is 0.251. The van der Waals surface area contributed by atoms with E-state index in [0.717, 1.165) is 49.9 Å². The van der Waals surface area contributed by atoms with Crippen LogP contribution in [-0.2, 0) is 0 Å². The smallest absolute Gasteiger partial charge is 0.199 e. The predicted molar refractivity (Wildman–Crippen MR) is 133 cm³/mol. The minimum Gasteiger partial charge on any atom is -0.494 e. The van der Waals surface area contributed by atoms with Crippen LogP contribution >= 0.6 is 0 Å². The summed E-state index contributed by atoms with van der Waals surface area (Å²) in [5, 5.41) is 3.52. The minimum absolute atomic E-state index is 0.520. The number of unbranched alkanes of at least 4 members (excludes halogenated alkanes) is 7. The summed E-state index contributed by atoms with van der Waals surface area (Å²) in [6.45, 7) is 7.98. The first kappa shape index (κ1) is 25.5. The van der Waals surface area contributed by atoms with Gasteiger partial charge >= 0.3 is 0 Å². The molecule has 1 aliphatic rings. The Bertz CT molecular complexity index is 602. The number of hydrogen-bond acceptors (Lipinski definition) is 3. The maximum atomic E-state index is 5.94. The van der Waals surface area contributed by atoms with Crippen LogP contribution in [-0.4, -0.2) is 43.1 Å². The Morgan fingerprint density at radius 2 is 1.74 bits per heavy atom. The predicted octanol–water partition coefficient (Wildman–Crippen LogP) is 6.01. The number of likely N-dealkylation sites (tertiary alicyclic amines) is 1. The summed E-state index contributed by atoms with van der Waals surface area (Å²) in [5.41, 5.74) is 6.64. The van der Waals surface area contributed by atoms with Crippen LogP contribution < -0.4 is 15.8 Å². The Kier molecular flexibility index (Phi) is 13.1. The van der Waals surface area contributed by atoms with Crippen LogP contribution in [0, 0.1) is 0 Å². The van der Waals surface area contributed by atoms with E-state index in [-0.39, 0.29) is 0 Å². The zero-order valence-corrected chi connectivity index (χ0v) is 20.1. The molecular formula is C26H46N4O. The van der Waals surface area contributed by atoms with Crippen molar-refractivity contribution < 1.29 is 4.74 Å². The molecular weight excluding hydrogens is 384 g/mol. The second-order valence-corrected chi connectivity index (χ2v) is 8.86. The van der Waals surface area contributed by atoms with Crippen molar-refractivity contribution in [3.8, 4) is 5.75 Å². The second-order valence-electron chi connectivity index (χ2n) is 8.86. The molecule has 1 unspecified atom stereocenters. The third-order valence-electron chi connectivity index (χ3n) is 6.08. The molecule has 1 saturated heterocycles. The average Bonchev–Trinajstić information content (AvgIpc) is 2.79. The Hall–Kier alpha value is -1.75. The molecule has 0 amide bonds. The lowest BCUT2D eigenvalue weighted by Gasteiger charge is -2.36. The highest BCUT2D eigenvalue weighted by molar-refractivity contribution is 5.83. The van der Waals surface area contributed by atoms with Crippen LogP contribution in [0.25, 0.3) is 0 Å². The van der Waals surface area contributed by atoms with Crippen molar-refractivity contribution in [3.05, 3.63) is 24.3 Å². The number of nitrogens with two attached hydrogens (primary N) is 1. The third-order valence-corrected chi connectivity index (χ3v) is 6.08. The number of hydrogen-bond donors (Lipinski definition) is 2. The normalized spacial score (nSPS) is 17.1. The van der Waals surface area contributed by atoms with Crippen molar-refractivity contribution >= 4 is 11.6 Å². The number of benzene rings is 1. The third kappa shape index (κ3) is 10.4. The number of nitrogens with zero attached hydrogens (tertiary/aromatic N) is 2. The van der Waals surface area contributed by atoms with Gasteiger partial charge in [0.15, 0.2) is 5.96 Å². The number of nitrogens with one attached hydrogen (secondary N) is 1. The summed E-state index contributed by atoms with van der Waals surface area (Å²) in [6.07, 6.45) is 15.3. The van der Waals surface area contributed by atoms with Crippen molar-refractivity contribution in [1.82, 2.24) is 10.2 Å². The van der Waals surface area contributed by atoms with Gasteiger partial charge in [-0.3, -0.25) is 0 Å². The van der Waals surface area contributed by atoms with Gasteiger partial charge in [-0.25, -0.2) is 4.99 Å². The van der Waals surface area contributed by atoms with E-state index in [1.807, 2.05) is 12.1 Å². The molecule has 1 atom stereocenters. The van der Waals surface area contributed by atoms with Crippen LogP contribution in [0.1, 0.15) is 90.9 Å². The summed E-state index contributed by atoms with van der Waals surface area (Å²) in [4.78, 5) is 7.34. The molecule has 0 aromatic heterocycles. The molecule has 0 saturated carbocycles. The van der Waals surface area contributed by atoms with Gasteiger partial charge in [0.25, 0.3) is 0 Å². The van der Waals surface area contributed by atoms with Crippen molar-refractivity contribution in [2.75, 3.05) is 26.2 Å². The Morgan fingerprint density at radius 3 is 2.42 bits per heavy atom. The summed E-state index contributed by atoms with van der Waals surface area (Å²) in [5.74, 6) is 1.92. The molecule has 0 spiro atoms. The summed E-state index contributed by atoms with van der Waals surface area (Å²) < 4.78 is 5.94. The van der Waals surface area contributed by atoms with Crippen molar-refractivity contribution in [1.29, 1.82) is 0 Å². The Balaban J connectivity index is 1.78. The zero-order valence-electron chi connectivity index (χ0n) is 20.1. The molecule has 0 aliphatic carbocycles. The highest BCUT2D eigenvalue weighted by Gasteiger charge is 2.21. The van der Waals surface area contributed by atoms with Crippen molar-refractivity contribution in [2.45, 2.75) is 96.9 Å². The Labute approximate surface area is 190 Å². The number of rotatable bonds is 14. The van der Waals surface area contributed by atoms with Crippen molar-refractivity contribution in [2.24, 2.45) is 10.7 Å². The van der Waals surface area contributed by atoms with Crippen LogP contribution in [0.15, 0.2) is 29.3 Å². The topological polar surface area (TPSA) is 62.9 Å². The van der Waals surface area contributed by atoms with Gasteiger partial charge in [-0.05, 0) is 69.8 Å². The summed E-state index contributed by atoms with van der Waals surface area (Å²) >= 11 is 0. The number of aliphatic imine (C=N–C) groups is 1. The first-order chi connectivity index (χ1) is 15.2. The van der Waals surface area contributed by atoms with Gasteiger partial charge in [0.1, 0.15) is 5.75 Å². The molecule has 0 radical (unpaired) electrons. The summed E-state index contributed by atoms with van der Waals surface area (Å²) in [7, 11) is 0. The van der Waals surface area contributed by atoms with E-state index in [1.54, 1.807) is 0 Å². The molecule has 1 aliphatic heterocycles. The minimum atomic E-state index is 0.520. The molecule has 1 aromatic rings. The maximum absolute atomic E-state index is 5.94. The highest BCUT2D eigenvalue weighted by atomic mass is 16.5. The molecule has 1 heterocycles. The van der Waals surface area contributed by atoms with E-state index in [0.29, 0.717) is 12.6 Å². The standard InChI is InChI=1S/C26H46N4O/c1-3-4-5-6-7-8-9-12-22-31-25-17-15-24(16-18-25)29-26(28-20-13-19-27)30-21-11-10-14-23(30)2/h15-18,23H,3-14,19-22,27H2,1-2H3,(H,28,29). The van der Waals surface area contributed by atoms with Gasteiger partial charge in [-0.15, -0.1) is 0 Å². The highest BCUT2D eigenvalue weighted by Crippen LogP contribution is 2.21. The monoisotopic (exact) mass is 430 g/mol. The van der Waals surface area contributed by atoms with Crippen LogP contribution in [0.4, 0.5) is 5.69 Å². The van der Waals surface area contributed by atoms with Gasteiger partial charge < -0.3 is 20.7 Å². The second kappa shape index (κ2) is 16.0. The number of guanidine groups is 1. The molecule has 5 nitrogen and oxygen atoms in total. The number of ether oxygens (including phenoxy) is 1. The van der Waals surface area contributed by atoms with Gasteiger partial charge in [-0.2, -0.15) is 0 Å². The van der Waals surface area contributed by atoms with Crippen LogP contribution in [0.3, 0.4) is 0 Å². The lowest BCUT2D eigenvalue weighted by atomic mass is 10.0. The fourth-order valence-corrected chi connectivity index (χ4v) is 4.09. The van der Waals surface area contributed by atoms with E-state index in [1.165, 1.54) is 64.2 Å². The molecule has 1 aromatic carbocycles. The number of piperidine rings is 1. The lowest BCUT2D eigenvalue weighted by Crippen LogP contribution is -2.48. The molecule has 3 N–H and O–H groups in total. The first-order valence-corrected chi connectivity index (χ1v) is 12.8. The average molecular weight is 431 g/mol. The van der Waals surface area contributed by atoms with E-state index < -0.39 is 0 Å². The SMILES string of the molecule is CCCCCCCCCCOc1ccc(/N=C(/NCCCN)N2CCCCC2C)cc1. The fraction of sp³-hybridized carbons (Fsp3) is 0.731. The molecule has 0 bridgehead atoms. The van der Waals surface area contributed by atoms with E-state index >= 15 is 0 Å². The van der Waals surface area contributed by atoms with E-state index in [2.05, 4.69) is 36.2 Å². The summed E-state index contributed by atoms with van der Waals surface area (Å²) in [6, 6.07) is 8.72. The van der Waals surface area contributed by atoms with Gasteiger partial charge in [0.2, 0.25) is 0 Å². The molecule has 31 heavy (non-hydrogen) atoms. The Morgan fingerprint density at radius 1 is 1.03 bits per heavy atom. The molecule has 5 heteroatoms. The van der Waals surface area contributed by atoms with Crippen LogP contribution in [0.5, 0.6) is 5.75 Å². The maximum Gasteiger partial charge on any atom is 0.199 e. The molecule has 2 rings (SSSR count). The van der Waals surface area contributed by atoms with Crippen LogP contribution in [0.2, 0.25) is 0 Å². The van der Waals surface area contributed by atoms with E-state index in [4.69, 9.17) is 15.5 Å². The van der Waals surface area contributed by atoms with Gasteiger partial charge in [0.05, 0.1) is 12.3 Å². The van der Waals surface area contributed by atoms with Crippen molar-refractivity contribution in [3.63, 3.8) is 0 Å². The first-order valence-electron chi connectivity index (χ1n) is 12.8. The van der Waals surface area contributed by atoms with Gasteiger partial charge in [-0.1, -0.05) is 51.9 Å². The molecule has 1 fully saturated rings. The van der Waals surface area contributed by atoms with Gasteiger partial charge in [0, 0.05) is 19.1 Å².